The van der Waals surface area contributed by atoms with E-state index in [0.717, 1.165) is 18.2 Å². The van der Waals surface area contributed by atoms with Gasteiger partial charge in [-0.2, -0.15) is 26.3 Å². The number of carboxylic acid groups (broad SMARTS) is 1. The molecule has 0 aliphatic carbocycles. The summed E-state index contributed by atoms with van der Waals surface area (Å²) in [5, 5.41) is 8.57. The maximum atomic E-state index is 13.1. The largest absolute Gasteiger partial charge is 0.478 e. The molecule has 0 bridgehead atoms. The topological polar surface area (TPSA) is 37.3 Å². The van der Waals surface area contributed by atoms with Crippen molar-refractivity contribution in [1.29, 1.82) is 0 Å². The number of halogens is 6. The van der Waals surface area contributed by atoms with Gasteiger partial charge in [0.25, 0.3) is 0 Å². The summed E-state index contributed by atoms with van der Waals surface area (Å²) in [6.45, 7) is 3.13. The molecule has 0 atom stereocenters. The summed E-state index contributed by atoms with van der Waals surface area (Å²) in [5.41, 5.74) is -2.17. The number of alkyl halides is 6. The summed E-state index contributed by atoms with van der Waals surface area (Å²) >= 11 is 0. The molecule has 0 aromatic heterocycles. The van der Waals surface area contributed by atoms with E-state index in [1.54, 1.807) is 13.8 Å². The number of benzene rings is 1. The third-order valence-electron chi connectivity index (χ3n) is 3.28. The number of hydrogen-bond donors (Lipinski definition) is 1. The molecule has 0 radical (unpaired) electrons. The van der Waals surface area contributed by atoms with Gasteiger partial charge in [-0.15, -0.1) is 0 Å². The average molecular weight is 390 g/mol. The van der Waals surface area contributed by atoms with Crippen molar-refractivity contribution in [3.05, 3.63) is 76.4 Å². The molecule has 1 aromatic carbocycles. The molecule has 0 amide bonds. The van der Waals surface area contributed by atoms with Crippen molar-refractivity contribution >= 4 is 12.0 Å². The maximum absolute atomic E-state index is 13.1. The molecule has 0 fully saturated rings. The first-order chi connectivity index (χ1) is 12.3. The number of carboxylic acids is 1. The van der Waals surface area contributed by atoms with E-state index in [9.17, 15) is 31.1 Å². The van der Waals surface area contributed by atoms with E-state index in [1.807, 2.05) is 0 Å². The third kappa shape index (κ3) is 7.55. The van der Waals surface area contributed by atoms with E-state index in [-0.39, 0.29) is 6.07 Å². The zero-order valence-electron chi connectivity index (χ0n) is 14.3. The second-order valence-electron chi connectivity index (χ2n) is 5.63. The molecule has 27 heavy (non-hydrogen) atoms. The monoisotopic (exact) mass is 390 g/mol. The fourth-order valence-corrected chi connectivity index (χ4v) is 1.99. The zero-order chi connectivity index (χ0) is 20.8. The van der Waals surface area contributed by atoms with Crippen LogP contribution in [-0.2, 0) is 17.1 Å². The summed E-state index contributed by atoms with van der Waals surface area (Å²) in [7, 11) is 0. The Balaban J connectivity index is 3.11. The number of rotatable bonds is 5. The first-order valence-corrected chi connectivity index (χ1v) is 7.53. The molecule has 0 aliphatic heterocycles. The lowest BCUT2D eigenvalue weighted by Gasteiger charge is -2.14. The second kappa shape index (κ2) is 8.75. The van der Waals surface area contributed by atoms with Crippen molar-refractivity contribution in [2.24, 2.45) is 0 Å². The highest BCUT2D eigenvalue weighted by atomic mass is 19.4. The standard InChI is InChI=1S/C19H16F6O2/c1-12(4-3-5-13(2)10-17(26)27)6-7-14-8-9-15(18(20,21)22)11-16(14)19(23,24)25/h3-11H,1-2H3,(H,26,27)/b5-3+,7-6+,12-4+,13-10+. The van der Waals surface area contributed by atoms with Gasteiger partial charge in [-0.05, 0) is 37.1 Å². The number of aliphatic carboxylic acids is 1. The summed E-state index contributed by atoms with van der Waals surface area (Å²) in [6.07, 6.45) is -1.92. The lowest BCUT2D eigenvalue weighted by Crippen LogP contribution is -2.12. The minimum absolute atomic E-state index is 0.0820. The van der Waals surface area contributed by atoms with Crippen LogP contribution in [0.4, 0.5) is 26.3 Å². The molecule has 0 saturated heterocycles. The Bertz CT molecular complexity index is 808. The maximum Gasteiger partial charge on any atom is 0.417 e. The Morgan fingerprint density at radius 2 is 1.59 bits per heavy atom. The first kappa shape index (κ1) is 22.3. The SMILES string of the molecule is CC(/C=C/c1ccc(C(F)(F)F)cc1C(F)(F)F)=C\C=C\C(C)=C\C(=O)O. The Morgan fingerprint density at radius 1 is 0.963 bits per heavy atom. The van der Waals surface area contributed by atoms with Gasteiger partial charge < -0.3 is 5.11 Å². The minimum Gasteiger partial charge on any atom is -0.478 e. The van der Waals surface area contributed by atoms with Crippen molar-refractivity contribution in [1.82, 2.24) is 0 Å². The van der Waals surface area contributed by atoms with Crippen molar-refractivity contribution < 1.29 is 36.2 Å². The van der Waals surface area contributed by atoms with Gasteiger partial charge in [-0.3, -0.25) is 0 Å². The van der Waals surface area contributed by atoms with Gasteiger partial charge in [-0.25, -0.2) is 4.79 Å². The quantitative estimate of drug-likeness (QED) is 0.365. The molecular weight excluding hydrogens is 374 g/mol. The molecule has 1 rings (SSSR count). The molecule has 8 heteroatoms. The van der Waals surface area contributed by atoms with Crippen LogP contribution in [0.1, 0.15) is 30.5 Å². The predicted octanol–water partition coefficient (Wildman–Crippen LogP) is 6.27. The third-order valence-corrected chi connectivity index (χ3v) is 3.28. The van der Waals surface area contributed by atoms with E-state index in [0.29, 0.717) is 17.2 Å². The van der Waals surface area contributed by atoms with Crippen LogP contribution in [0.5, 0.6) is 0 Å². The molecule has 0 saturated carbocycles. The lowest BCUT2D eigenvalue weighted by molar-refractivity contribution is -0.143. The van der Waals surface area contributed by atoms with E-state index in [1.165, 1.54) is 24.3 Å². The van der Waals surface area contributed by atoms with E-state index < -0.39 is 35.0 Å². The minimum atomic E-state index is -4.93. The summed E-state index contributed by atoms with van der Waals surface area (Å²) < 4.78 is 77.1. The molecule has 1 N–H and O–H groups in total. The molecular formula is C19H16F6O2. The van der Waals surface area contributed by atoms with Gasteiger partial charge in [0.2, 0.25) is 0 Å². The molecule has 0 spiro atoms. The average Bonchev–Trinajstić information content (AvgIpc) is 2.50. The molecule has 0 unspecified atom stereocenters. The van der Waals surface area contributed by atoms with E-state index in [4.69, 9.17) is 5.11 Å². The van der Waals surface area contributed by atoms with Crippen LogP contribution in [0.2, 0.25) is 0 Å². The van der Waals surface area contributed by atoms with Crippen molar-refractivity contribution in [3.8, 4) is 0 Å². The van der Waals surface area contributed by atoms with Crippen LogP contribution < -0.4 is 0 Å². The van der Waals surface area contributed by atoms with Crippen LogP contribution in [-0.4, -0.2) is 11.1 Å². The van der Waals surface area contributed by atoms with E-state index in [2.05, 4.69) is 0 Å². The Hall–Kier alpha value is -2.77. The molecule has 1 aromatic rings. The fraction of sp³-hybridized carbons (Fsp3) is 0.211. The Kier molecular flexibility index (Phi) is 7.21. The van der Waals surface area contributed by atoms with Crippen LogP contribution in [0, 0.1) is 0 Å². The van der Waals surface area contributed by atoms with Gasteiger partial charge >= 0.3 is 18.3 Å². The van der Waals surface area contributed by atoms with Gasteiger partial charge in [0.15, 0.2) is 0 Å². The molecule has 146 valence electrons. The number of allylic oxidation sites excluding steroid dienone is 6. The van der Waals surface area contributed by atoms with E-state index >= 15 is 0 Å². The Labute approximate surface area is 151 Å². The fourth-order valence-electron chi connectivity index (χ4n) is 1.99. The van der Waals surface area contributed by atoms with Crippen LogP contribution >= 0.6 is 0 Å². The lowest BCUT2D eigenvalue weighted by atomic mass is 10.0. The highest BCUT2D eigenvalue weighted by molar-refractivity contribution is 5.81. The van der Waals surface area contributed by atoms with Crippen molar-refractivity contribution in [2.75, 3.05) is 0 Å². The van der Waals surface area contributed by atoms with Gasteiger partial charge in [0.1, 0.15) is 0 Å². The van der Waals surface area contributed by atoms with Crippen molar-refractivity contribution in [2.45, 2.75) is 26.2 Å². The van der Waals surface area contributed by atoms with Crippen LogP contribution in [0.15, 0.2) is 59.7 Å². The van der Waals surface area contributed by atoms with Crippen LogP contribution in [0.3, 0.4) is 0 Å². The predicted molar refractivity (Wildman–Crippen MR) is 89.8 cm³/mol. The summed E-state index contributed by atoms with van der Waals surface area (Å²) in [5.74, 6) is -1.11. The zero-order valence-corrected chi connectivity index (χ0v) is 14.3. The first-order valence-electron chi connectivity index (χ1n) is 7.53. The normalized spacial score (nSPS) is 14.4. The van der Waals surface area contributed by atoms with Gasteiger partial charge in [0, 0.05) is 6.08 Å². The summed E-state index contributed by atoms with van der Waals surface area (Å²) in [6, 6.07) is 1.44. The molecule has 2 nitrogen and oxygen atoms in total. The van der Waals surface area contributed by atoms with Gasteiger partial charge in [0.05, 0.1) is 11.1 Å². The van der Waals surface area contributed by atoms with Crippen molar-refractivity contribution in [3.63, 3.8) is 0 Å². The van der Waals surface area contributed by atoms with Gasteiger partial charge in [-0.1, -0.05) is 42.0 Å². The highest BCUT2D eigenvalue weighted by Crippen LogP contribution is 2.37. The second-order valence-corrected chi connectivity index (χ2v) is 5.63. The highest BCUT2D eigenvalue weighted by Gasteiger charge is 2.37. The summed E-state index contributed by atoms with van der Waals surface area (Å²) in [4.78, 5) is 10.5. The molecule has 0 aliphatic rings. The smallest absolute Gasteiger partial charge is 0.417 e. The Morgan fingerprint density at radius 3 is 2.11 bits per heavy atom. The number of hydrogen-bond acceptors (Lipinski definition) is 1. The number of carbonyl (C=O) groups is 1. The van der Waals surface area contributed by atoms with Crippen LogP contribution in [0.25, 0.3) is 6.08 Å². The molecule has 0 heterocycles.